The molecule has 1 amide bonds. The van der Waals surface area contributed by atoms with E-state index in [2.05, 4.69) is 31.8 Å². The number of carbonyl (C=O) groups excluding carboxylic acids is 1. The van der Waals surface area contributed by atoms with Crippen LogP contribution in [0, 0.1) is 6.92 Å². The molecular weight excluding hydrogens is 426 g/mol. The van der Waals surface area contributed by atoms with Crippen molar-refractivity contribution in [2.24, 2.45) is 0 Å². The van der Waals surface area contributed by atoms with Crippen molar-refractivity contribution in [3.8, 4) is 0 Å². The number of aromatic nitrogens is 2. The van der Waals surface area contributed by atoms with Crippen molar-refractivity contribution >= 4 is 28.3 Å². The first kappa shape index (κ1) is 22.8. The first-order valence-corrected chi connectivity index (χ1v) is 12.1. The van der Waals surface area contributed by atoms with E-state index in [1.54, 1.807) is 0 Å². The first-order valence-electron chi connectivity index (χ1n) is 11.3. The molecule has 2 heterocycles. The maximum Gasteiger partial charge on any atom is 0.300 e. The quantitative estimate of drug-likeness (QED) is 0.611. The van der Waals surface area contributed by atoms with Crippen LogP contribution >= 0.6 is 11.3 Å². The summed E-state index contributed by atoms with van der Waals surface area (Å²) in [5, 5.41) is 23.4. The molecular formula is C23H31N5O3S. The molecule has 0 radical (unpaired) electrons. The molecule has 3 fully saturated rings. The first-order chi connectivity index (χ1) is 15.4. The van der Waals surface area contributed by atoms with Crippen LogP contribution in [-0.4, -0.2) is 63.3 Å². The molecule has 1 aromatic carbocycles. The number of piperidine rings is 1. The van der Waals surface area contributed by atoms with E-state index in [1.807, 2.05) is 25.1 Å². The van der Waals surface area contributed by atoms with Crippen molar-refractivity contribution in [3.63, 3.8) is 0 Å². The number of rotatable bonds is 6. The maximum atomic E-state index is 12.5. The standard InChI is InChI=1S/C21H27N5OS.C2H4O2/c1-13-24-25-21(28-13)23-20(27)15-4-2-3-14(11-15)18-12-19(18)22-16-7-9-26(10-8-16)17-5-6-17;1-2(3)4/h2-4,11,16-19,22H,5-10,12H2,1H3,(H,23,25,27);1H3,(H,3,4). The van der Waals surface area contributed by atoms with Gasteiger partial charge in [0.1, 0.15) is 5.01 Å². The Labute approximate surface area is 192 Å². The smallest absolute Gasteiger partial charge is 0.300 e. The van der Waals surface area contributed by atoms with E-state index in [0.717, 1.165) is 18.0 Å². The fourth-order valence-corrected chi connectivity index (χ4v) is 4.94. The number of hydrogen-bond acceptors (Lipinski definition) is 7. The summed E-state index contributed by atoms with van der Waals surface area (Å²) in [5.74, 6) is -0.423. The van der Waals surface area contributed by atoms with Gasteiger partial charge in [0.15, 0.2) is 0 Å². The summed E-state index contributed by atoms with van der Waals surface area (Å²) in [6, 6.07) is 10.1. The number of aliphatic carboxylic acids is 1. The number of benzene rings is 1. The lowest BCUT2D eigenvalue weighted by Gasteiger charge is -2.32. The van der Waals surface area contributed by atoms with Gasteiger partial charge in [0.2, 0.25) is 5.13 Å². The Morgan fingerprint density at radius 2 is 1.88 bits per heavy atom. The van der Waals surface area contributed by atoms with E-state index in [0.29, 0.717) is 28.7 Å². The van der Waals surface area contributed by atoms with Gasteiger partial charge in [-0.3, -0.25) is 14.9 Å². The molecule has 2 atom stereocenters. The molecule has 1 saturated heterocycles. The summed E-state index contributed by atoms with van der Waals surface area (Å²) >= 11 is 1.39. The second-order valence-electron chi connectivity index (χ2n) is 8.88. The molecule has 5 rings (SSSR count). The number of aryl methyl sites for hydroxylation is 1. The Hall–Kier alpha value is -2.36. The summed E-state index contributed by atoms with van der Waals surface area (Å²) in [6.07, 6.45) is 6.52. The zero-order valence-corrected chi connectivity index (χ0v) is 19.4. The molecule has 8 nitrogen and oxygen atoms in total. The highest BCUT2D eigenvalue weighted by Crippen LogP contribution is 2.42. The van der Waals surface area contributed by atoms with Crippen molar-refractivity contribution in [2.45, 2.75) is 70.0 Å². The van der Waals surface area contributed by atoms with Crippen molar-refractivity contribution in [1.29, 1.82) is 0 Å². The van der Waals surface area contributed by atoms with E-state index >= 15 is 0 Å². The SMILES string of the molecule is CC(=O)O.Cc1nnc(NC(=O)c2cccc(C3CC3NC3CCN(C4CC4)CC3)c2)s1. The lowest BCUT2D eigenvalue weighted by molar-refractivity contribution is -0.134. The lowest BCUT2D eigenvalue weighted by Crippen LogP contribution is -2.44. The fraction of sp³-hybridized carbons (Fsp3) is 0.565. The summed E-state index contributed by atoms with van der Waals surface area (Å²) in [4.78, 5) is 24.2. The minimum atomic E-state index is -0.833. The minimum Gasteiger partial charge on any atom is -0.481 e. The Morgan fingerprint density at radius 3 is 2.50 bits per heavy atom. The van der Waals surface area contributed by atoms with Crippen LogP contribution in [0.25, 0.3) is 0 Å². The highest BCUT2D eigenvalue weighted by Gasteiger charge is 2.40. The molecule has 32 heavy (non-hydrogen) atoms. The Kier molecular flexibility index (Phi) is 7.17. The monoisotopic (exact) mass is 457 g/mol. The van der Waals surface area contributed by atoms with E-state index in [4.69, 9.17) is 9.90 Å². The molecule has 9 heteroatoms. The van der Waals surface area contributed by atoms with Crippen LogP contribution in [0.2, 0.25) is 0 Å². The molecule has 172 valence electrons. The van der Waals surface area contributed by atoms with Gasteiger partial charge in [-0.05, 0) is 69.8 Å². The van der Waals surface area contributed by atoms with Gasteiger partial charge in [-0.15, -0.1) is 10.2 Å². The van der Waals surface area contributed by atoms with Crippen molar-refractivity contribution in [1.82, 2.24) is 20.4 Å². The van der Waals surface area contributed by atoms with E-state index in [9.17, 15) is 4.79 Å². The van der Waals surface area contributed by atoms with Gasteiger partial charge < -0.3 is 15.3 Å². The van der Waals surface area contributed by atoms with Gasteiger partial charge in [-0.25, -0.2) is 0 Å². The lowest BCUT2D eigenvalue weighted by atomic mass is 10.0. The molecule has 0 spiro atoms. The van der Waals surface area contributed by atoms with Crippen molar-refractivity contribution in [3.05, 3.63) is 40.4 Å². The molecule has 1 aliphatic heterocycles. The third-order valence-corrected chi connectivity index (χ3v) is 6.91. The van der Waals surface area contributed by atoms with E-state index in [1.165, 1.54) is 62.1 Å². The largest absolute Gasteiger partial charge is 0.481 e. The van der Waals surface area contributed by atoms with Crippen LogP contribution in [0.3, 0.4) is 0 Å². The summed E-state index contributed by atoms with van der Waals surface area (Å²) in [5.41, 5.74) is 1.95. The molecule has 3 aliphatic rings. The number of carbonyl (C=O) groups is 2. The van der Waals surface area contributed by atoms with Crippen molar-refractivity contribution < 1.29 is 14.7 Å². The topological polar surface area (TPSA) is 107 Å². The van der Waals surface area contributed by atoms with Gasteiger partial charge in [0.05, 0.1) is 0 Å². The highest BCUT2D eigenvalue weighted by atomic mass is 32.1. The third kappa shape index (κ3) is 6.34. The number of carboxylic acids is 1. The fourth-order valence-electron chi connectivity index (χ4n) is 4.35. The van der Waals surface area contributed by atoms with Crippen LogP contribution < -0.4 is 10.6 Å². The normalized spacial score (nSPS) is 23.2. The molecule has 0 bridgehead atoms. The second kappa shape index (κ2) is 10.1. The second-order valence-corrected chi connectivity index (χ2v) is 10.1. The highest BCUT2D eigenvalue weighted by molar-refractivity contribution is 7.15. The maximum absolute atomic E-state index is 12.5. The van der Waals surface area contributed by atoms with Crippen LogP contribution in [0.15, 0.2) is 24.3 Å². The Morgan fingerprint density at radius 1 is 1.16 bits per heavy atom. The molecule has 2 aromatic rings. The number of anilines is 1. The summed E-state index contributed by atoms with van der Waals surface area (Å²) in [6.45, 7) is 5.46. The predicted octanol–water partition coefficient (Wildman–Crippen LogP) is 3.26. The van der Waals surface area contributed by atoms with Gasteiger partial charge in [-0.2, -0.15) is 0 Å². The third-order valence-electron chi connectivity index (χ3n) is 6.16. The Balaban J connectivity index is 0.000000567. The number of nitrogens with zero attached hydrogens (tertiary/aromatic N) is 3. The number of likely N-dealkylation sites (tertiary alicyclic amines) is 1. The van der Waals surface area contributed by atoms with Gasteiger partial charge >= 0.3 is 0 Å². The molecule has 2 aliphatic carbocycles. The zero-order chi connectivity index (χ0) is 22.7. The average Bonchev–Trinajstić information content (AvgIpc) is 3.68. The van der Waals surface area contributed by atoms with Crippen molar-refractivity contribution in [2.75, 3.05) is 18.4 Å². The van der Waals surface area contributed by atoms with Crippen LogP contribution in [0.5, 0.6) is 0 Å². The summed E-state index contributed by atoms with van der Waals surface area (Å²) in [7, 11) is 0. The van der Waals surface area contributed by atoms with Crippen LogP contribution in [-0.2, 0) is 4.79 Å². The number of carboxylic acid groups (broad SMARTS) is 1. The van der Waals surface area contributed by atoms with Crippen LogP contribution in [0.1, 0.15) is 65.9 Å². The van der Waals surface area contributed by atoms with Gasteiger partial charge in [0.25, 0.3) is 11.9 Å². The Bertz CT molecular complexity index is 949. The molecule has 1 aromatic heterocycles. The number of hydrogen-bond donors (Lipinski definition) is 3. The molecule has 2 saturated carbocycles. The number of amides is 1. The minimum absolute atomic E-state index is 0.115. The van der Waals surface area contributed by atoms with Crippen LogP contribution in [0.4, 0.5) is 5.13 Å². The summed E-state index contributed by atoms with van der Waals surface area (Å²) < 4.78 is 0. The van der Waals surface area contributed by atoms with Gasteiger partial charge in [0, 0.05) is 36.5 Å². The van der Waals surface area contributed by atoms with E-state index in [-0.39, 0.29) is 5.91 Å². The van der Waals surface area contributed by atoms with Gasteiger partial charge in [-0.1, -0.05) is 23.5 Å². The molecule has 2 unspecified atom stereocenters. The predicted molar refractivity (Wildman–Crippen MR) is 124 cm³/mol. The zero-order valence-electron chi connectivity index (χ0n) is 18.6. The average molecular weight is 458 g/mol. The molecule has 3 N–H and O–H groups in total. The number of nitrogens with one attached hydrogen (secondary N) is 2. The van der Waals surface area contributed by atoms with E-state index < -0.39 is 5.97 Å².